The molecule has 136 valence electrons. The van der Waals surface area contributed by atoms with Gasteiger partial charge in [-0.25, -0.2) is 4.79 Å². The first-order chi connectivity index (χ1) is 12.5. The lowest BCUT2D eigenvalue weighted by Crippen LogP contribution is -2.49. The molecule has 0 aliphatic carbocycles. The van der Waals surface area contributed by atoms with E-state index < -0.39 is 23.4 Å². The zero-order chi connectivity index (χ0) is 18.7. The van der Waals surface area contributed by atoms with E-state index in [1.165, 1.54) is 23.1 Å². The van der Waals surface area contributed by atoms with Crippen molar-refractivity contribution in [3.05, 3.63) is 40.9 Å². The molecule has 1 fully saturated rings. The molecule has 0 saturated carbocycles. The molecule has 0 bridgehead atoms. The van der Waals surface area contributed by atoms with Crippen molar-refractivity contribution in [2.45, 2.75) is 30.1 Å². The predicted octanol–water partition coefficient (Wildman–Crippen LogP) is 1.83. The van der Waals surface area contributed by atoms with Crippen LogP contribution in [0.25, 0.3) is 0 Å². The van der Waals surface area contributed by atoms with Crippen LogP contribution < -0.4 is 10.7 Å². The number of benzene rings is 1. The summed E-state index contributed by atoms with van der Waals surface area (Å²) in [4.78, 5) is 37.3. The lowest BCUT2D eigenvalue weighted by molar-refractivity contribution is -0.138. The van der Waals surface area contributed by atoms with Crippen molar-refractivity contribution in [3.63, 3.8) is 0 Å². The van der Waals surface area contributed by atoms with Gasteiger partial charge in [-0.2, -0.15) is 5.01 Å². The predicted molar refractivity (Wildman–Crippen MR) is 97.3 cm³/mol. The maximum Gasteiger partial charge on any atom is 0.344 e. The summed E-state index contributed by atoms with van der Waals surface area (Å²) in [6, 6.07) is 8.34. The molecule has 2 N–H and O–H groups in total. The van der Waals surface area contributed by atoms with Crippen LogP contribution in [0.3, 0.4) is 0 Å². The number of carbonyl (C=O) groups is 3. The van der Waals surface area contributed by atoms with Crippen LogP contribution in [0, 0.1) is 6.92 Å². The molecule has 2 heterocycles. The molecule has 4 amide bonds. The zero-order valence-electron chi connectivity index (χ0n) is 14.2. The van der Waals surface area contributed by atoms with Gasteiger partial charge in [-0.05, 0) is 18.9 Å². The number of carbonyl (C=O) groups excluding carboxylic acids is 3. The molecule has 1 aromatic heterocycles. The van der Waals surface area contributed by atoms with Gasteiger partial charge < -0.3 is 5.32 Å². The third-order valence-electron chi connectivity index (χ3n) is 3.96. The number of hydrazine groups is 1. The molecule has 26 heavy (non-hydrogen) atoms. The molecular weight excluding hydrogens is 374 g/mol. The van der Waals surface area contributed by atoms with Crippen molar-refractivity contribution in [1.82, 2.24) is 25.9 Å². The number of imide groups is 1. The van der Waals surface area contributed by atoms with Gasteiger partial charge in [0.1, 0.15) is 10.5 Å². The molecule has 1 aliphatic rings. The van der Waals surface area contributed by atoms with E-state index in [-0.39, 0.29) is 5.75 Å². The van der Waals surface area contributed by atoms with Crippen LogP contribution in [0.4, 0.5) is 4.79 Å². The van der Waals surface area contributed by atoms with Crippen molar-refractivity contribution >= 4 is 40.9 Å². The van der Waals surface area contributed by atoms with E-state index in [0.29, 0.717) is 16.3 Å². The number of hydrogen-bond acceptors (Lipinski definition) is 7. The Morgan fingerprint density at radius 3 is 2.65 bits per heavy atom. The molecule has 1 aromatic carbocycles. The van der Waals surface area contributed by atoms with E-state index in [0.717, 1.165) is 10.0 Å². The van der Waals surface area contributed by atoms with Crippen LogP contribution >= 0.6 is 23.1 Å². The van der Waals surface area contributed by atoms with Crippen molar-refractivity contribution < 1.29 is 14.4 Å². The number of rotatable bonds is 6. The van der Waals surface area contributed by atoms with E-state index in [1.807, 2.05) is 19.9 Å². The van der Waals surface area contributed by atoms with Gasteiger partial charge in [0.25, 0.3) is 5.91 Å². The zero-order valence-corrected chi connectivity index (χ0v) is 15.8. The van der Waals surface area contributed by atoms with Crippen molar-refractivity contribution in [2.75, 3.05) is 5.75 Å². The highest BCUT2D eigenvalue weighted by Gasteiger charge is 2.52. The Labute approximate surface area is 158 Å². The number of urea groups is 1. The summed E-state index contributed by atoms with van der Waals surface area (Å²) >= 11 is 2.58. The van der Waals surface area contributed by atoms with E-state index in [4.69, 9.17) is 0 Å². The standard InChI is InChI=1S/C16H17N5O3S2/c1-3-16(11-7-5-4-6-8-11)13(23)21(14(24)17-16)20-12(22)9-25-15-19-18-10(2)26-15/h4-8H,3,9H2,1-2H3,(H,17,24)(H,20,22). The first-order valence-electron chi connectivity index (χ1n) is 7.91. The first kappa shape index (κ1) is 18.3. The Hall–Kier alpha value is -2.46. The fraction of sp³-hybridized carbons (Fsp3) is 0.312. The van der Waals surface area contributed by atoms with Gasteiger partial charge >= 0.3 is 6.03 Å². The van der Waals surface area contributed by atoms with Crippen LogP contribution in [0.5, 0.6) is 0 Å². The summed E-state index contributed by atoms with van der Waals surface area (Å²) in [6.45, 7) is 3.63. The van der Waals surface area contributed by atoms with Crippen molar-refractivity contribution in [2.24, 2.45) is 0 Å². The molecule has 0 spiro atoms. The number of aryl methyl sites for hydroxylation is 1. The fourth-order valence-electron chi connectivity index (χ4n) is 2.66. The average molecular weight is 391 g/mol. The maximum absolute atomic E-state index is 12.9. The Balaban J connectivity index is 1.69. The molecule has 0 radical (unpaired) electrons. The largest absolute Gasteiger partial charge is 0.344 e. The van der Waals surface area contributed by atoms with Gasteiger partial charge in [-0.3, -0.25) is 15.0 Å². The second-order valence-corrected chi connectivity index (χ2v) is 8.01. The molecule has 2 aromatic rings. The fourth-order valence-corrected chi connectivity index (χ4v) is 4.27. The highest BCUT2D eigenvalue weighted by molar-refractivity contribution is 8.01. The minimum Gasteiger partial charge on any atom is -0.318 e. The summed E-state index contributed by atoms with van der Waals surface area (Å²) in [5.41, 5.74) is 1.89. The Morgan fingerprint density at radius 2 is 2.04 bits per heavy atom. The summed E-state index contributed by atoms with van der Waals surface area (Å²) < 4.78 is 0.655. The van der Waals surface area contributed by atoms with E-state index in [9.17, 15) is 14.4 Å². The van der Waals surface area contributed by atoms with Crippen LogP contribution in [0.15, 0.2) is 34.7 Å². The second kappa shape index (κ2) is 7.42. The lowest BCUT2D eigenvalue weighted by Gasteiger charge is -2.25. The lowest BCUT2D eigenvalue weighted by atomic mass is 9.87. The van der Waals surface area contributed by atoms with Gasteiger partial charge in [0.05, 0.1) is 5.75 Å². The van der Waals surface area contributed by atoms with Gasteiger partial charge in [0.2, 0.25) is 5.91 Å². The first-order valence-corrected chi connectivity index (χ1v) is 9.71. The minimum absolute atomic E-state index is 0.0240. The number of amides is 4. The maximum atomic E-state index is 12.9. The molecule has 8 nitrogen and oxygen atoms in total. The van der Waals surface area contributed by atoms with Crippen LogP contribution in [0.2, 0.25) is 0 Å². The Bertz CT molecular complexity index is 841. The second-order valence-electron chi connectivity index (χ2n) is 5.61. The molecule has 1 atom stereocenters. The normalized spacial score (nSPS) is 19.5. The molecule has 1 saturated heterocycles. The highest BCUT2D eigenvalue weighted by Crippen LogP contribution is 2.31. The SMILES string of the molecule is CCC1(c2ccccc2)NC(=O)N(NC(=O)CSc2nnc(C)s2)C1=O. The molecule has 1 unspecified atom stereocenters. The number of aromatic nitrogens is 2. The van der Waals surface area contributed by atoms with Gasteiger partial charge in [0, 0.05) is 0 Å². The summed E-state index contributed by atoms with van der Waals surface area (Å²) in [7, 11) is 0. The van der Waals surface area contributed by atoms with Crippen molar-refractivity contribution in [3.8, 4) is 0 Å². The summed E-state index contributed by atoms with van der Waals surface area (Å²) in [6.07, 6.45) is 0.368. The topological polar surface area (TPSA) is 104 Å². The van der Waals surface area contributed by atoms with E-state index >= 15 is 0 Å². The number of nitrogens with one attached hydrogen (secondary N) is 2. The summed E-state index contributed by atoms with van der Waals surface area (Å²) in [5, 5.41) is 12.1. The smallest absolute Gasteiger partial charge is 0.318 e. The average Bonchev–Trinajstić information content (AvgIpc) is 3.17. The summed E-state index contributed by atoms with van der Waals surface area (Å²) in [5.74, 6) is -0.941. The third kappa shape index (κ3) is 3.42. The van der Waals surface area contributed by atoms with Gasteiger partial charge in [0.15, 0.2) is 4.34 Å². The molecule has 10 heteroatoms. The number of nitrogens with zero attached hydrogens (tertiary/aromatic N) is 3. The Morgan fingerprint density at radius 1 is 1.31 bits per heavy atom. The monoisotopic (exact) mass is 391 g/mol. The molecule has 1 aliphatic heterocycles. The minimum atomic E-state index is -1.17. The number of hydrogen-bond donors (Lipinski definition) is 2. The van der Waals surface area contributed by atoms with Gasteiger partial charge in [-0.15, -0.1) is 10.2 Å². The Kier molecular flexibility index (Phi) is 5.23. The quantitative estimate of drug-likeness (QED) is 0.575. The highest BCUT2D eigenvalue weighted by atomic mass is 32.2. The van der Waals surface area contributed by atoms with Crippen molar-refractivity contribution in [1.29, 1.82) is 0 Å². The molecule has 3 rings (SSSR count). The number of thioether (sulfide) groups is 1. The van der Waals surface area contributed by atoms with Crippen LogP contribution in [-0.2, 0) is 15.1 Å². The van der Waals surface area contributed by atoms with Gasteiger partial charge in [-0.1, -0.05) is 60.4 Å². The molecular formula is C16H17N5O3S2. The van der Waals surface area contributed by atoms with Crippen LogP contribution in [0.1, 0.15) is 23.9 Å². The van der Waals surface area contributed by atoms with E-state index in [2.05, 4.69) is 20.9 Å². The van der Waals surface area contributed by atoms with Crippen LogP contribution in [-0.4, -0.2) is 38.8 Å². The van der Waals surface area contributed by atoms with E-state index in [1.54, 1.807) is 24.3 Å². The third-order valence-corrected chi connectivity index (χ3v) is 5.93.